The van der Waals surface area contributed by atoms with Gasteiger partial charge in [0, 0.05) is 23.5 Å². The van der Waals surface area contributed by atoms with Crippen LogP contribution in [0.25, 0.3) is 10.9 Å². The summed E-state index contributed by atoms with van der Waals surface area (Å²) in [5.74, 6) is 2.02. The van der Waals surface area contributed by atoms with Crippen molar-refractivity contribution >= 4 is 29.3 Å². The number of terminal acetylenes is 1. The lowest BCUT2D eigenvalue weighted by atomic mass is 10.1. The van der Waals surface area contributed by atoms with Crippen LogP contribution in [0.1, 0.15) is 5.56 Å². The number of benzene rings is 1. The maximum absolute atomic E-state index is 10.8. The number of rotatable bonds is 5. The van der Waals surface area contributed by atoms with Crippen molar-refractivity contribution in [2.45, 2.75) is 12.5 Å². The average molecular weight is 295 g/mol. The number of aromatic nitrogens is 1. The maximum Gasteiger partial charge on any atom is 0.320 e. The molecule has 5 nitrogen and oxygen atoms in total. The van der Waals surface area contributed by atoms with Gasteiger partial charge in [-0.25, -0.2) is 0 Å². The number of ether oxygens (including phenoxy) is 1. The highest BCUT2D eigenvalue weighted by Crippen LogP contribution is 2.24. The minimum Gasteiger partial charge on any atom is -0.481 e. The normalized spacial score (nSPS) is 11.4. The summed E-state index contributed by atoms with van der Waals surface area (Å²) in [6.45, 7) is 0.194. The van der Waals surface area contributed by atoms with Gasteiger partial charge in [-0.1, -0.05) is 5.92 Å². The standard InChI is InChI=1S/C14H14N2O3.ClH/c1-2-5-19-10-3-4-13-11(7-10)9(8-16-13)6-12(15)14(17)18;/h1,3-4,7-8,12,16H,5-6,15H2,(H,17,18);1H/t12-;/m1./s1. The SMILES string of the molecule is C#CCOc1ccc2[nH]cc(C[C@@H](N)C(=O)O)c2c1.Cl. The van der Waals surface area contributed by atoms with Crippen LogP contribution < -0.4 is 10.5 Å². The van der Waals surface area contributed by atoms with Crippen molar-refractivity contribution in [3.63, 3.8) is 0 Å². The quantitative estimate of drug-likeness (QED) is 0.730. The van der Waals surface area contributed by atoms with Gasteiger partial charge in [0.05, 0.1) is 0 Å². The first kappa shape index (κ1) is 15.9. The van der Waals surface area contributed by atoms with E-state index in [1.807, 2.05) is 12.1 Å². The Kier molecular flexibility index (Phi) is 5.44. The molecule has 1 heterocycles. The van der Waals surface area contributed by atoms with Gasteiger partial charge in [-0.3, -0.25) is 4.79 Å². The molecular formula is C14H15ClN2O3. The van der Waals surface area contributed by atoms with Crippen molar-refractivity contribution in [1.82, 2.24) is 4.98 Å². The van der Waals surface area contributed by atoms with E-state index in [2.05, 4.69) is 10.9 Å². The summed E-state index contributed by atoms with van der Waals surface area (Å²) in [7, 11) is 0. The van der Waals surface area contributed by atoms with Crippen molar-refractivity contribution in [2.75, 3.05) is 6.61 Å². The van der Waals surface area contributed by atoms with Crippen molar-refractivity contribution in [2.24, 2.45) is 5.73 Å². The number of aliphatic carboxylic acids is 1. The van der Waals surface area contributed by atoms with Gasteiger partial charge >= 0.3 is 5.97 Å². The fraction of sp³-hybridized carbons (Fsp3) is 0.214. The number of carboxylic acids is 1. The summed E-state index contributed by atoms with van der Waals surface area (Å²) in [5, 5.41) is 9.74. The number of aromatic amines is 1. The number of nitrogens with one attached hydrogen (secondary N) is 1. The highest BCUT2D eigenvalue weighted by Gasteiger charge is 2.15. The Balaban J connectivity index is 0.00000200. The molecule has 2 rings (SSSR count). The summed E-state index contributed by atoms with van der Waals surface area (Å²) in [6.07, 6.45) is 7.16. The smallest absolute Gasteiger partial charge is 0.320 e. The predicted octanol–water partition coefficient (Wildman–Crippen LogP) is 1.56. The van der Waals surface area contributed by atoms with E-state index >= 15 is 0 Å². The monoisotopic (exact) mass is 294 g/mol. The zero-order chi connectivity index (χ0) is 13.8. The van der Waals surface area contributed by atoms with E-state index in [0.29, 0.717) is 5.75 Å². The molecular weight excluding hydrogens is 280 g/mol. The fourth-order valence-electron chi connectivity index (χ4n) is 1.87. The van der Waals surface area contributed by atoms with E-state index in [-0.39, 0.29) is 25.4 Å². The Morgan fingerprint density at radius 1 is 1.55 bits per heavy atom. The third-order valence-corrected chi connectivity index (χ3v) is 2.82. The molecule has 2 aromatic rings. The highest BCUT2D eigenvalue weighted by molar-refractivity contribution is 5.86. The van der Waals surface area contributed by atoms with Gasteiger partial charge in [0.15, 0.2) is 0 Å². The molecule has 0 unspecified atom stereocenters. The first-order valence-electron chi connectivity index (χ1n) is 5.76. The number of H-pyrrole nitrogens is 1. The van der Waals surface area contributed by atoms with E-state index in [1.165, 1.54) is 0 Å². The molecule has 0 saturated carbocycles. The number of nitrogens with two attached hydrogens (primary N) is 1. The van der Waals surface area contributed by atoms with E-state index in [0.717, 1.165) is 16.5 Å². The number of fused-ring (bicyclic) bond motifs is 1. The van der Waals surface area contributed by atoms with Crippen molar-refractivity contribution < 1.29 is 14.6 Å². The lowest BCUT2D eigenvalue weighted by molar-refractivity contribution is -0.138. The molecule has 0 fully saturated rings. The van der Waals surface area contributed by atoms with Crippen LogP contribution in [0, 0.1) is 12.3 Å². The summed E-state index contributed by atoms with van der Waals surface area (Å²) < 4.78 is 5.34. The largest absolute Gasteiger partial charge is 0.481 e. The summed E-state index contributed by atoms with van der Waals surface area (Å²) in [6, 6.07) is 4.57. The third-order valence-electron chi connectivity index (χ3n) is 2.82. The Morgan fingerprint density at radius 3 is 2.95 bits per heavy atom. The van der Waals surface area contributed by atoms with Crippen LogP contribution in [-0.2, 0) is 11.2 Å². The Morgan fingerprint density at radius 2 is 2.30 bits per heavy atom. The van der Waals surface area contributed by atoms with Crippen molar-refractivity contribution in [3.05, 3.63) is 30.0 Å². The second-order valence-electron chi connectivity index (χ2n) is 4.16. The van der Waals surface area contributed by atoms with E-state index in [4.69, 9.17) is 22.0 Å². The lowest BCUT2D eigenvalue weighted by Gasteiger charge is -2.06. The van der Waals surface area contributed by atoms with Crippen LogP contribution in [0.5, 0.6) is 5.75 Å². The molecule has 20 heavy (non-hydrogen) atoms. The topological polar surface area (TPSA) is 88.3 Å². The predicted molar refractivity (Wildman–Crippen MR) is 79.2 cm³/mol. The van der Waals surface area contributed by atoms with Gasteiger partial charge in [0.2, 0.25) is 0 Å². The van der Waals surface area contributed by atoms with Gasteiger partial charge in [-0.15, -0.1) is 18.8 Å². The van der Waals surface area contributed by atoms with E-state index < -0.39 is 12.0 Å². The number of hydrogen-bond donors (Lipinski definition) is 3. The fourth-order valence-corrected chi connectivity index (χ4v) is 1.87. The minimum atomic E-state index is -1.02. The van der Waals surface area contributed by atoms with Gasteiger partial charge in [0.1, 0.15) is 18.4 Å². The first-order chi connectivity index (χ1) is 9.11. The molecule has 0 amide bonds. The molecule has 1 atom stereocenters. The third kappa shape index (κ3) is 3.44. The average Bonchev–Trinajstić information content (AvgIpc) is 2.79. The zero-order valence-electron chi connectivity index (χ0n) is 10.6. The van der Waals surface area contributed by atoms with Crippen LogP contribution in [0.2, 0.25) is 0 Å². The zero-order valence-corrected chi connectivity index (χ0v) is 11.4. The molecule has 0 aliphatic heterocycles. The van der Waals surface area contributed by atoms with Crippen LogP contribution in [0.3, 0.4) is 0 Å². The second-order valence-corrected chi connectivity index (χ2v) is 4.16. The Hall–Kier alpha value is -2.16. The Bertz CT molecular complexity index is 645. The van der Waals surface area contributed by atoms with Crippen LogP contribution in [0.4, 0.5) is 0 Å². The summed E-state index contributed by atoms with van der Waals surface area (Å²) in [5.41, 5.74) is 7.29. The van der Waals surface area contributed by atoms with Crippen LogP contribution in [0.15, 0.2) is 24.4 Å². The molecule has 0 saturated heterocycles. The van der Waals surface area contributed by atoms with Crippen LogP contribution >= 0.6 is 12.4 Å². The summed E-state index contributed by atoms with van der Waals surface area (Å²) in [4.78, 5) is 13.9. The number of carboxylic acid groups (broad SMARTS) is 1. The Labute approximate surface area is 122 Å². The molecule has 0 aliphatic carbocycles. The molecule has 0 radical (unpaired) electrons. The summed E-state index contributed by atoms with van der Waals surface area (Å²) >= 11 is 0. The van der Waals surface area contributed by atoms with Crippen LogP contribution in [-0.4, -0.2) is 28.7 Å². The number of carbonyl (C=O) groups is 1. The lowest BCUT2D eigenvalue weighted by Crippen LogP contribution is -2.32. The molecule has 4 N–H and O–H groups in total. The molecule has 0 bridgehead atoms. The maximum atomic E-state index is 10.8. The van der Waals surface area contributed by atoms with Gasteiger partial charge in [-0.2, -0.15) is 0 Å². The first-order valence-corrected chi connectivity index (χ1v) is 5.76. The van der Waals surface area contributed by atoms with Crippen molar-refractivity contribution in [1.29, 1.82) is 0 Å². The molecule has 0 spiro atoms. The van der Waals surface area contributed by atoms with Crippen molar-refractivity contribution in [3.8, 4) is 18.1 Å². The van der Waals surface area contributed by atoms with E-state index in [9.17, 15) is 4.79 Å². The van der Waals surface area contributed by atoms with Gasteiger partial charge < -0.3 is 20.6 Å². The number of hydrogen-bond acceptors (Lipinski definition) is 3. The molecule has 6 heteroatoms. The number of halogens is 1. The second kappa shape index (κ2) is 6.85. The molecule has 1 aromatic carbocycles. The van der Waals surface area contributed by atoms with Gasteiger partial charge in [0.25, 0.3) is 0 Å². The molecule has 0 aliphatic rings. The minimum absolute atomic E-state index is 0. The highest BCUT2D eigenvalue weighted by atomic mass is 35.5. The van der Waals surface area contributed by atoms with E-state index in [1.54, 1.807) is 12.3 Å². The molecule has 1 aromatic heterocycles. The van der Waals surface area contributed by atoms with Gasteiger partial charge in [-0.05, 0) is 23.8 Å². The molecule has 106 valence electrons.